The van der Waals surface area contributed by atoms with Crippen LogP contribution in [0, 0.1) is 0 Å². The van der Waals surface area contributed by atoms with Crippen LogP contribution in [-0.2, 0) is 17.5 Å². The number of hydrogen-bond donors (Lipinski definition) is 1. The van der Waals surface area contributed by atoms with Gasteiger partial charge in [-0.3, -0.25) is 4.57 Å². The van der Waals surface area contributed by atoms with E-state index in [-0.39, 0.29) is 6.35 Å². The number of nitrogens with one attached hydrogen (secondary N) is 1. The summed E-state index contributed by atoms with van der Waals surface area (Å²) in [6.45, 7) is 7.74. The van der Waals surface area contributed by atoms with E-state index in [1.165, 1.54) is 17.5 Å². The molecule has 1 aliphatic rings. The monoisotopic (exact) mass is 361 g/mol. The highest BCUT2D eigenvalue weighted by atomic mass is 31.2. The molecule has 0 saturated carbocycles. The molecule has 5 heteroatoms. The van der Waals surface area contributed by atoms with Gasteiger partial charge in [-0.1, -0.05) is 44.5 Å². The number of hydrogen-bond acceptors (Lipinski definition) is 4. The maximum absolute atomic E-state index is 12.5. The fourth-order valence-electron chi connectivity index (χ4n) is 2.47. The number of para-hydroxylation sites is 1. The molecule has 25 heavy (non-hydrogen) atoms. The van der Waals surface area contributed by atoms with Crippen LogP contribution in [0.15, 0.2) is 48.5 Å². The third kappa shape index (κ3) is 6.56. The Labute approximate surface area is 151 Å². The highest BCUT2D eigenvalue weighted by Gasteiger charge is 2.19. The Morgan fingerprint density at radius 3 is 2.48 bits per heavy atom. The van der Waals surface area contributed by atoms with Crippen LogP contribution in [-0.4, -0.2) is 19.6 Å². The molecule has 4 nitrogen and oxygen atoms in total. The molecule has 1 aliphatic heterocycles. The second kappa shape index (κ2) is 9.65. The summed E-state index contributed by atoms with van der Waals surface area (Å²) in [6, 6.07) is 15.2. The Kier molecular flexibility index (Phi) is 7.54. The molecule has 0 fully saturated rings. The van der Waals surface area contributed by atoms with Gasteiger partial charge in [0.15, 0.2) is 6.35 Å². The summed E-state index contributed by atoms with van der Waals surface area (Å²) in [5.74, 6) is 1.35. The normalized spacial score (nSPS) is 15.2. The summed E-state index contributed by atoms with van der Waals surface area (Å²) >= 11 is 0. The first-order valence-corrected chi connectivity index (χ1v) is 11.1. The summed E-state index contributed by atoms with van der Waals surface area (Å²) in [4.78, 5) is 0. The van der Waals surface area contributed by atoms with Crippen LogP contribution >= 0.6 is 7.37 Å². The van der Waals surface area contributed by atoms with E-state index in [2.05, 4.69) is 25.2 Å². The summed E-state index contributed by atoms with van der Waals surface area (Å²) in [7, 11) is -2.84. The average Bonchev–Trinajstić information content (AvgIpc) is 2.61. The van der Waals surface area contributed by atoms with E-state index < -0.39 is 7.37 Å². The minimum atomic E-state index is -2.84. The summed E-state index contributed by atoms with van der Waals surface area (Å²) in [5.41, 5.74) is 2.60. The van der Waals surface area contributed by atoms with Crippen LogP contribution < -0.4 is 14.6 Å². The average molecular weight is 361 g/mol. The number of benzene rings is 2. The van der Waals surface area contributed by atoms with Crippen molar-refractivity contribution in [1.82, 2.24) is 5.32 Å². The highest BCUT2D eigenvalue weighted by molar-refractivity contribution is 7.58. The van der Waals surface area contributed by atoms with Gasteiger partial charge in [0.2, 0.25) is 0 Å². The predicted octanol–water partition coefficient (Wildman–Crippen LogP) is 5.07. The Morgan fingerprint density at radius 2 is 1.76 bits per heavy atom. The molecule has 0 spiro atoms. The van der Waals surface area contributed by atoms with Crippen LogP contribution in [0.5, 0.6) is 11.5 Å². The fraction of sp³-hybridized carbons (Fsp3) is 0.400. The molecule has 3 rings (SSSR count). The third-order valence-corrected chi connectivity index (χ3v) is 4.77. The first-order valence-electron chi connectivity index (χ1n) is 8.80. The number of rotatable bonds is 5. The van der Waals surface area contributed by atoms with Crippen molar-refractivity contribution in [1.29, 1.82) is 0 Å². The van der Waals surface area contributed by atoms with Gasteiger partial charge in [-0.15, -0.1) is 0 Å². The lowest BCUT2D eigenvalue weighted by molar-refractivity contribution is 0.354. The maximum Gasteiger partial charge on any atom is 0.281 e. The van der Waals surface area contributed by atoms with Gasteiger partial charge in [0.1, 0.15) is 11.5 Å². The van der Waals surface area contributed by atoms with Gasteiger partial charge in [-0.25, -0.2) is 0 Å². The second-order valence-electron chi connectivity index (χ2n) is 6.26. The standard InChI is InChI=1S/C17H20NO3P.C3H8/c1-22(19,21-16-5-3-2-4-6-16)13-20-17-8-7-15-12-18-10-9-14(15)11-17;1-3-2/h2-8,11,18H,9-10,12-13H2,1H3;3H2,1-2H3. The Morgan fingerprint density at radius 1 is 1.04 bits per heavy atom. The van der Waals surface area contributed by atoms with E-state index in [4.69, 9.17) is 9.26 Å². The molecule has 136 valence electrons. The topological polar surface area (TPSA) is 47.6 Å². The molecular formula is C20H28NO3P. The van der Waals surface area contributed by atoms with Crippen LogP contribution in [0.2, 0.25) is 0 Å². The molecule has 2 aromatic carbocycles. The maximum atomic E-state index is 12.5. The van der Waals surface area contributed by atoms with E-state index in [0.29, 0.717) is 5.75 Å². The molecule has 0 aliphatic carbocycles. The van der Waals surface area contributed by atoms with Gasteiger partial charge in [-0.2, -0.15) is 0 Å². The molecule has 0 radical (unpaired) electrons. The van der Waals surface area contributed by atoms with Gasteiger partial charge in [0.25, 0.3) is 7.37 Å². The van der Waals surface area contributed by atoms with Crippen LogP contribution in [0.1, 0.15) is 31.4 Å². The lowest BCUT2D eigenvalue weighted by Gasteiger charge is -2.19. The Hall–Kier alpha value is -1.77. The van der Waals surface area contributed by atoms with Crippen LogP contribution in [0.3, 0.4) is 0 Å². The van der Waals surface area contributed by atoms with Crippen molar-refractivity contribution < 1.29 is 13.8 Å². The summed E-state index contributed by atoms with van der Waals surface area (Å²) < 4.78 is 23.7. The van der Waals surface area contributed by atoms with E-state index in [0.717, 1.165) is 25.3 Å². The predicted molar refractivity (Wildman–Crippen MR) is 104 cm³/mol. The SMILES string of the molecule is CCC.CP(=O)(COc1ccc2c(c1)CCNC2)Oc1ccccc1. The molecule has 1 atom stereocenters. The van der Waals surface area contributed by atoms with Gasteiger partial charge in [0.05, 0.1) is 0 Å². The zero-order chi connectivity index (χ0) is 18.1. The van der Waals surface area contributed by atoms with Crippen molar-refractivity contribution in [2.75, 3.05) is 19.6 Å². The first kappa shape index (κ1) is 19.6. The van der Waals surface area contributed by atoms with Crippen LogP contribution in [0.4, 0.5) is 0 Å². The van der Waals surface area contributed by atoms with Gasteiger partial charge in [-0.05, 0) is 48.4 Å². The molecular weight excluding hydrogens is 333 g/mol. The zero-order valence-corrected chi connectivity index (χ0v) is 16.2. The van der Waals surface area contributed by atoms with Gasteiger partial charge in [0, 0.05) is 13.2 Å². The minimum Gasteiger partial charge on any atom is -0.482 e. The molecule has 1 unspecified atom stereocenters. The van der Waals surface area contributed by atoms with E-state index in [1.54, 1.807) is 18.8 Å². The second-order valence-corrected chi connectivity index (χ2v) is 8.73. The molecule has 1 N–H and O–H groups in total. The first-order chi connectivity index (χ1) is 12.0. The Balaban J connectivity index is 0.000000701. The fourth-order valence-corrected chi connectivity index (χ4v) is 3.47. The third-order valence-electron chi connectivity index (χ3n) is 3.57. The lowest BCUT2D eigenvalue weighted by atomic mass is 10.0. The van der Waals surface area contributed by atoms with Crippen LogP contribution in [0.25, 0.3) is 0 Å². The van der Waals surface area contributed by atoms with Crippen molar-refractivity contribution >= 4 is 7.37 Å². The van der Waals surface area contributed by atoms with Gasteiger partial charge < -0.3 is 14.6 Å². The highest BCUT2D eigenvalue weighted by Crippen LogP contribution is 2.43. The largest absolute Gasteiger partial charge is 0.482 e. The van der Waals surface area contributed by atoms with E-state index >= 15 is 0 Å². The van der Waals surface area contributed by atoms with E-state index in [9.17, 15) is 4.57 Å². The number of ether oxygens (including phenoxy) is 1. The molecule has 1 heterocycles. The molecule has 2 aromatic rings. The van der Waals surface area contributed by atoms with Gasteiger partial charge >= 0.3 is 0 Å². The number of fused-ring (bicyclic) bond motifs is 1. The van der Waals surface area contributed by atoms with Crippen molar-refractivity contribution in [2.45, 2.75) is 33.2 Å². The van der Waals surface area contributed by atoms with Crippen molar-refractivity contribution in [3.63, 3.8) is 0 Å². The van der Waals surface area contributed by atoms with Crippen molar-refractivity contribution in [3.8, 4) is 11.5 Å². The molecule has 0 saturated heterocycles. The summed E-state index contributed by atoms with van der Waals surface area (Å²) in [5, 5.41) is 3.34. The molecule has 0 bridgehead atoms. The summed E-state index contributed by atoms with van der Waals surface area (Å²) in [6.07, 6.45) is 2.32. The molecule has 0 aromatic heterocycles. The van der Waals surface area contributed by atoms with Crippen molar-refractivity contribution in [3.05, 3.63) is 59.7 Å². The lowest BCUT2D eigenvalue weighted by Crippen LogP contribution is -2.23. The van der Waals surface area contributed by atoms with Crippen molar-refractivity contribution in [2.24, 2.45) is 0 Å². The quantitative estimate of drug-likeness (QED) is 0.755. The minimum absolute atomic E-state index is 0.0684. The van der Waals surface area contributed by atoms with E-state index in [1.807, 2.05) is 30.3 Å². The molecule has 0 amide bonds. The zero-order valence-electron chi connectivity index (χ0n) is 15.3. The Bertz CT molecular complexity index is 703. The smallest absolute Gasteiger partial charge is 0.281 e.